The van der Waals surface area contributed by atoms with Crippen LogP contribution in [-0.4, -0.2) is 42.7 Å². The average Bonchev–Trinajstić information content (AvgIpc) is 3.51. The molecule has 35 heavy (non-hydrogen) atoms. The average molecular weight is 542 g/mol. The number of carbonyl (C=O) groups is 3. The molecular formula is C25H21BrFN3O5. The lowest BCUT2D eigenvalue weighted by Crippen LogP contribution is -2.28. The van der Waals surface area contributed by atoms with Crippen LogP contribution in [0, 0.1) is 29.5 Å². The number of nitrogens with zero attached hydrogens (tertiary/aromatic N) is 2. The maximum atomic E-state index is 13.3. The Morgan fingerprint density at radius 1 is 1.17 bits per heavy atom. The van der Waals surface area contributed by atoms with E-state index in [1.165, 1.54) is 31.5 Å². The number of benzene rings is 2. The maximum absolute atomic E-state index is 13.3. The van der Waals surface area contributed by atoms with Crippen molar-refractivity contribution in [2.75, 3.05) is 19.0 Å². The predicted octanol–water partition coefficient (Wildman–Crippen LogP) is 3.76. The number of anilines is 1. The molecule has 8 nitrogen and oxygen atoms in total. The summed E-state index contributed by atoms with van der Waals surface area (Å²) < 4.78 is 24.8. The maximum Gasteiger partial charge on any atom is 0.262 e. The van der Waals surface area contributed by atoms with Crippen LogP contribution in [0.15, 0.2) is 58.1 Å². The monoisotopic (exact) mass is 541 g/mol. The molecule has 3 aliphatic rings. The van der Waals surface area contributed by atoms with Gasteiger partial charge in [0.15, 0.2) is 18.1 Å². The van der Waals surface area contributed by atoms with E-state index in [2.05, 4.69) is 26.3 Å². The third kappa shape index (κ3) is 4.34. The number of nitrogens with one attached hydrogen (secondary N) is 1. The molecule has 0 aromatic heterocycles. The summed E-state index contributed by atoms with van der Waals surface area (Å²) in [6.45, 7) is -0.331. The number of methoxy groups -OCH3 is 1. The van der Waals surface area contributed by atoms with Crippen molar-refractivity contribution < 1.29 is 28.2 Å². The van der Waals surface area contributed by atoms with E-state index in [1.54, 1.807) is 18.2 Å². The van der Waals surface area contributed by atoms with Gasteiger partial charge in [-0.3, -0.25) is 14.4 Å². The Kier molecular flexibility index (Phi) is 6.14. The lowest BCUT2D eigenvalue weighted by Gasteiger charge is -2.14. The number of fused-ring (bicyclic) bond motifs is 5. The first-order valence-corrected chi connectivity index (χ1v) is 11.8. The first kappa shape index (κ1) is 23.2. The van der Waals surface area contributed by atoms with Crippen LogP contribution < -0.4 is 14.8 Å². The molecular weight excluding hydrogens is 521 g/mol. The largest absolute Gasteiger partial charge is 0.493 e. The predicted molar refractivity (Wildman–Crippen MR) is 128 cm³/mol. The van der Waals surface area contributed by atoms with E-state index in [-0.39, 0.29) is 47.8 Å². The molecule has 3 amide bonds. The number of rotatable bonds is 7. The van der Waals surface area contributed by atoms with Crippen LogP contribution in [0.2, 0.25) is 0 Å². The summed E-state index contributed by atoms with van der Waals surface area (Å²) in [6, 6.07) is 8.75. The lowest BCUT2D eigenvalue weighted by molar-refractivity contribution is -0.140. The summed E-state index contributed by atoms with van der Waals surface area (Å²) in [6.07, 6.45) is 6.33. The minimum absolute atomic E-state index is 0.114. The quantitative estimate of drug-likeness (QED) is 0.327. The molecule has 1 aliphatic heterocycles. The molecule has 2 aromatic rings. The smallest absolute Gasteiger partial charge is 0.262 e. The fraction of sp³-hybridized carbons (Fsp3) is 0.280. The molecule has 2 bridgehead atoms. The van der Waals surface area contributed by atoms with Crippen molar-refractivity contribution in [2.24, 2.45) is 28.8 Å². The Labute approximate surface area is 208 Å². The van der Waals surface area contributed by atoms with Gasteiger partial charge in [0.25, 0.3) is 17.7 Å². The minimum atomic E-state index is -0.473. The summed E-state index contributed by atoms with van der Waals surface area (Å²) >= 11 is 3.43. The van der Waals surface area contributed by atoms with E-state index in [0.717, 1.165) is 11.4 Å². The molecule has 2 fully saturated rings. The van der Waals surface area contributed by atoms with Crippen molar-refractivity contribution in [1.29, 1.82) is 0 Å². The van der Waals surface area contributed by atoms with Gasteiger partial charge in [-0.2, -0.15) is 10.1 Å². The van der Waals surface area contributed by atoms with Gasteiger partial charge in [0.05, 0.1) is 25.2 Å². The van der Waals surface area contributed by atoms with Crippen molar-refractivity contribution in [3.05, 3.63) is 64.4 Å². The number of carbonyl (C=O) groups excluding carboxylic acids is 3. The van der Waals surface area contributed by atoms with Crippen LogP contribution >= 0.6 is 15.9 Å². The van der Waals surface area contributed by atoms with Crippen LogP contribution in [0.1, 0.15) is 12.0 Å². The number of imide groups is 1. The Morgan fingerprint density at radius 2 is 1.89 bits per heavy atom. The molecule has 1 heterocycles. The molecule has 5 rings (SSSR count). The third-order valence-corrected chi connectivity index (χ3v) is 7.20. The molecule has 180 valence electrons. The third-order valence-electron chi connectivity index (χ3n) is 6.51. The molecule has 1 saturated heterocycles. The van der Waals surface area contributed by atoms with Crippen molar-refractivity contribution in [1.82, 2.24) is 5.01 Å². The van der Waals surface area contributed by atoms with E-state index in [4.69, 9.17) is 9.47 Å². The van der Waals surface area contributed by atoms with E-state index >= 15 is 0 Å². The second-order valence-electron chi connectivity index (χ2n) is 8.60. The second-order valence-corrected chi connectivity index (χ2v) is 9.46. The summed E-state index contributed by atoms with van der Waals surface area (Å²) in [5.74, 6) is -1.26. The zero-order valence-corrected chi connectivity index (χ0v) is 20.2. The Morgan fingerprint density at radius 3 is 2.54 bits per heavy atom. The highest BCUT2D eigenvalue weighted by Crippen LogP contribution is 2.52. The second kappa shape index (κ2) is 9.26. The highest BCUT2D eigenvalue weighted by molar-refractivity contribution is 9.10. The van der Waals surface area contributed by atoms with Gasteiger partial charge in [-0.25, -0.2) is 4.39 Å². The first-order chi connectivity index (χ1) is 16.9. The minimum Gasteiger partial charge on any atom is -0.493 e. The Hall–Kier alpha value is -3.53. The van der Waals surface area contributed by atoms with Crippen LogP contribution in [0.5, 0.6) is 11.5 Å². The molecule has 1 N–H and O–H groups in total. The molecule has 2 aliphatic carbocycles. The van der Waals surface area contributed by atoms with Crippen LogP contribution in [-0.2, 0) is 14.4 Å². The van der Waals surface area contributed by atoms with Crippen LogP contribution in [0.25, 0.3) is 0 Å². The molecule has 1 saturated carbocycles. The van der Waals surface area contributed by atoms with E-state index in [9.17, 15) is 18.8 Å². The zero-order chi connectivity index (χ0) is 24.7. The van der Waals surface area contributed by atoms with E-state index in [1.807, 2.05) is 12.2 Å². The number of ether oxygens (including phenoxy) is 2. The molecule has 10 heteroatoms. The fourth-order valence-corrected chi connectivity index (χ4v) is 5.37. The summed E-state index contributed by atoms with van der Waals surface area (Å²) in [4.78, 5) is 37.8. The number of allylic oxidation sites excluding steroid dienone is 2. The molecule has 4 atom stereocenters. The number of amides is 3. The molecule has 2 aromatic carbocycles. The van der Waals surface area contributed by atoms with Crippen molar-refractivity contribution >= 4 is 45.6 Å². The number of hydrogen-bond donors (Lipinski definition) is 1. The Bertz CT molecular complexity index is 1250. The van der Waals surface area contributed by atoms with Crippen LogP contribution in [0.3, 0.4) is 0 Å². The number of hydrazone groups is 1. The molecule has 0 radical (unpaired) electrons. The standard InChI is InChI=1S/C25H21BrFN3O5/c1-34-19-8-15(11-28-30-24(32)22-13-5-6-14(7-13)23(22)25(30)33)18(26)10-20(19)35-12-21(31)29-17-4-2-3-16(27)9-17/h2-6,8-11,13-14,22-23H,7,12H2,1H3,(H,29,31)/t13-,14-,22-,23+/m0/s1. The lowest BCUT2D eigenvalue weighted by atomic mass is 9.85. The summed E-state index contributed by atoms with van der Waals surface area (Å²) in [5, 5.41) is 7.71. The van der Waals surface area contributed by atoms with Gasteiger partial charge in [-0.1, -0.05) is 18.2 Å². The first-order valence-electron chi connectivity index (χ1n) is 11.0. The topological polar surface area (TPSA) is 97.3 Å². The van der Waals surface area contributed by atoms with Gasteiger partial charge in [-0.05, 0) is 64.5 Å². The van der Waals surface area contributed by atoms with Gasteiger partial charge >= 0.3 is 0 Å². The normalized spacial score (nSPS) is 24.4. The van der Waals surface area contributed by atoms with E-state index < -0.39 is 11.7 Å². The van der Waals surface area contributed by atoms with Gasteiger partial charge in [0.1, 0.15) is 5.82 Å². The summed E-state index contributed by atoms with van der Waals surface area (Å²) in [7, 11) is 1.45. The SMILES string of the molecule is COc1cc(C=NN2C(=O)[C@@H]3[C@H](C2=O)[C@H]2C=C[C@H]3C2)c(Br)cc1OCC(=O)Nc1cccc(F)c1. The zero-order valence-electron chi connectivity index (χ0n) is 18.6. The molecule has 0 unspecified atom stereocenters. The van der Waals surface area contributed by atoms with Crippen LogP contribution in [0.4, 0.5) is 10.1 Å². The van der Waals surface area contributed by atoms with Gasteiger partial charge in [0.2, 0.25) is 0 Å². The fourth-order valence-electron chi connectivity index (χ4n) is 4.95. The van der Waals surface area contributed by atoms with Gasteiger partial charge in [-0.15, -0.1) is 0 Å². The van der Waals surface area contributed by atoms with Gasteiger partial charge in [0, 0.05) is 15.7 Å². The summed E-state index contributed by atoms with van der Waals surface area (Å²) in [5.41, 5.74) is 0.870. The van der Waals surface area contributed by atoms with E-state index in [0.29, 0.717) is 21.5 Å². The molecule has 0 spiro atoms. The van der Waals surface area contributed by atoms with Crippen molar-refractivity contribution in [2.45, 2.75) is 6.42 Å². The highest BCUT2D eigenvalue weighted by Gasteiger charge is 2.59. The number of halogens is 2. The Balaban J connectivity index is 1.27. The van der Waals surface area contributed by atoms with Gasteiger partial charge < -0.3 is 14.8 Å². The van der Waals surface area contributed by atoms with Crippen molar-refractivity contribution in [3.63, 3.8) is 0 Å². The highest BCUT2D eigenvalue weighted by atomic mass is 79.9. The van der Waals surface area contributed by atoms with Crippen molar-refractivity contribution in [3.8, 4) is 11.5 Å². The number of hydrogen-bond acceptors (Lipinski definition) is 6.